The van der Waals surface area contributed by atoms with Gasteiger partial charge in [-0.3, -0.25) is 0 Å². The van der Waals surface area contributed by atoms with Crippen LogP contribution in [-0.2, 0) is 13.0 Å². The molecule has 0 fully saturated rings. The van der Waals surface area contributed by atoms with Gasteiger partial charge in [-0.2, -0.15) is 0 Å². The minimum atomic E-state index is -0.225. The molecule has 2 amide bonds. The summed E-state index contributed by atoms with van der Waals surface area (Å²) in [6, 6.07) is 5.52. The summed E-state index contributed by atoms with van der Waals surface area (Å²) >= 11 is 0. The van der Waals surface area contributed by atoms with Crippen molar-refractivity contribution >= 4 is 11.7 Å². The van der Waals surface area contributed by atoms with E-state index >= 15 is 0 Å². The second-order valence-corrected chi connectivity index (χ2v) is 6.78. The summed E-state index contributed by atoms with van der Waals surface area (Å²) in [5.74, 6) is 2.93. The van der Waals surface area contributed by atoms with Gasteiger partial charge in [0.2, 0.25) is 0 Å². The molecule has 1 aromatic carbocycles. The number of hydrogen-bond donors (Lipinski definition) is 2. The number of ether oxygens (including phenoxy) is 1. The molecule has 2 aromatic rings. The molecule has 1 aromatic heterocycles. The van der Waals surface area contributed by atoms with Gasteiger partial charge in [0.05, 0.1) is 12.8 Å². The molecule has 3 rings (SSSR count). The molecular weight excluding hydrogens is 318 g/mol. The van der Waals surface area contributed by atoms with E-state index in [0.717, 1.165) is 30.1 Å². The quantitative estimate of drug-likeness (QED) is 0.894. The van der Waals surface area contributed by atoms with Crippen molar-refractivity contribution in [2.75, 3.05) is 12.4 Å². The Balaban J connectivity index is 1.66. The van der Waals surface area contributed by atoms with Gasteiger partial charge in [0.15, 0.2) is 0 Å². The highest BCUT2D eigenvalue weighted by Gasteiger charge is 2.25. The van der Waals surface area contributed by atoms with E-state index in [2.05, 4.69) is 39.2 Å². The van der Waals surface area contributed by atoms with Gasteiger partial charge in [0.1, 0.15) is 17.4 Å². The molecule has 7 nitrogen and oxygen atoms in total. The number of nitrogens with one attached hydrogen (secondary N) is 2. The first-order chi connectivity index (χ1) is 12.0. The van der Waals surface area contributed by atoms with Gasteiger partial charge in [-0.15, -0.1) is 10.2 Å². The van der Waals surface area contributed by atoms with Crippen LogP contribution in [0.4, 0.5) is 10.5 Å². The van der Waals surface area contributed by atoms with E-state index in [9.17, 15) is 4.79 Å². The van der Waals surface area contributed by atoms with E-state index in [0.29, 0.717) is 23.9 Å². The van der Waals surface area contributed by atoms with Crippen molar-refractivity contribution in [2.45, 2.75) is 52.1 Å². The first-order valence-corrected chi connectivity index (χ1v) is 8.62. The summed E-state index contributed by atoms with van der Waals surface area (Å²) in [4.78, 5) is 12.4. The van der Waals surface area contributed by atoms with Gasteiger partial charge in [-0.05, 0) is 31.0 Å². The topological polar surface area (TPSA) is 81.1 Å². The monoisotopic (exact) mass is 343 g/mol. The van der Waals surface area contributed by atoms with E-state index in [-0.39, 0.29) is 12.1 Å². The summed E-state index contributed by atoms with van der Waals surface area (Å²) in [6.45, 7) is 6.88. The third-order valence-electron chi connectivity index (χ3n) is 4.43. The molecule has 0 aliphatic carbocycles. The second kappa shape index (κ2) is 7.13. The highest BCUT2D eigenvalue weighted by molar-refractivity contribution is 5.91. The molecule has 0 radical (unpaired) electrons. The minimum Gasteiger partial charge on any atom is -0.495 e. The van der Waals surface area contributed by atoms with Gasteiger partial charge in [0.25, 0.3) is 0 Å². The lowest BCUT2D eigenvalue weighted by atomic mass is 10.1. The van der Waals surface area contributed by atoms with Crippen LogP contribution >= 0.6 is 0 Å². The Morgan fingerprint density at radius 2 is 2.16 bits per heavy atom. The van der Waals surface area contributed by atoms with Crippen LogP contribution in [0.5, 0.6) is 5.75 Å². The lowest BCUT2D eigenvalue weighted by Crippen LogP contribution is -2.43. The Kier molecular flexibility index (Phi) is 4.92. The zero-order chi connectivity index (χ0) is 18.0. The number of urea groups is 1. The molecule has 1 aliphatic rings. The number of methoxy groups -OCH3 is 1. The summed E-state index contributed by atoms with van der Waals surface area (Å²) in [7, 11) is 1.59. The number of hydrogen-bond acceptors (Lipinski definition) is 4. The minimum absolute atomic E-state index is 0.0526. The third-order valence-corrected chi connectivity index (χ3v) is 4.43. The molecule has 1 atom stereocenters. The molecule has 0 saturated carbocycles. The normalized spacial score (nSPS) is 16.4. The number of carbonyl (C=O) groups excluding carboxylic acids is 1. The Morgan fingerprint density at radius 1 is 1.36 bits per heavy atom. The number of benzene rings is 1. The fourth-order valence-corrected chi connectivity index (χ4v) is 3.16. The zero-order valence-electron chi connectivity index (χ0n) is 15.2. The van der Waals surface area contributed by atoms with E-state index in [1.54, 1.807) is 7.11 Å². The smallest absolute Gasteiger partial charge is 0.319 e. The maximum atomic E-state index is 12.4. The number of aromatic nitrogens is 3. The van der Waals surface area contributed by atoms with Gasteiger partial charge in [-0.25, -0.2) is 4.79 Å². The molecule has 0 saturated heterocycles. The molecule has 25 heavy (non-hydrogen) atoms. The predicted octanol–water partition coefficient (Wildman–Crippen LogP) is 2.86. The first-order valence-electron chi connectivity index (χ1n) is 8.62. The summed E-state index contributed by atoms with van der Waals surface area (Å²) in [5, 5.41) is 14.5. The van der Waals surface area contributed by atoms with Crippen LogP contribution in [-0.4, -0.2) is 33.9 Å². The van der Waals surface area contributed by atoms with Crippen molar-refractivity contribution in [3.05, 3.63) is 35.4 Å². The number of aryl methyl sites for hydroxylation is 2. The molecule has 2 heterocycles. The van der Waals surface area contributed by atoms with Crippen LogP contribution in [0, 0.1) is 6.92 Å². The number of anilines is 1. The van der Waals surface area contributed by atoms with E-state index in [1.165, 1.54) is 0 Å². The lowest BCUT2D eigenvalue weighted by molar-refractivity contribution is 0.244. The maximum absolute atomic E-state index is 12.4. The van der Waals surface area contributed by atoms with Crippen molar-refractivity contribution in [3.63, 3.8) is 0 Å². The number of amides is 2. The fourth-order valence-electron chi connectivity index (χ4n) is 3.16. The van der Waals surface area contributed by atoms with Crippen molar-refractivity contribution in [1.29, 1.82) is 0 Å². The van der Waals surface area contributed by atoms with Crippen molar-refractivity contribution < 1.29 is 9.53 Å². The Hall–Kier alpha value is -2.57. The number of carbonyl (C=O) groups is 1. The van der Waals surface area contributed by atoms with Crippen LogP contribution in [0.15, 0.2) is 18.2 Å². The number of fused-ring (bicyclic) bond motifs is 1. The maximum Gasteiger partial charge on any atom is 0.319 e. The second-order valence-electron chi connectivity index (χ2n) is 6.78. The third kappa shape index (κ3) is 3.75. The van der Waals surface area contributed by atoms with Crippen LogP contribution < -0.4 is 15.4 Å². The first kappa shape index (κ1) is 17.3. The summed E-state index contributed by atoms with van der Waals surface area (Å²) < 4.78 is 7.44. The molecule has 134 valence electrons. The molecule has 0 spiro atoms. The average Bonchev–Trinajstić information content (AvgIpc) is 2.98. The van der Waals surface area contributed by atoms with Crippen LogP contribution in [0.2, 0.25) is 0 Å². The highest BCUT2D eigenvalue weighted by atomic mass is 16.5. The summed E-state index contributed by atoms with van der Waals surface area (Å²) in [5.41, 5.74) is 1.73. The van der Waals surface area contributed by atoms with Gasteiger partial charge < -0.3 is 19.9 Å². The largest absolute Gasteiger partial charge is 0.495 e. The van der Waals surface area contributed by atoms with E-state index < -0.39 is 0 Å². The van der Waals surface area contributed by atoms with E-state index in [4.69, 9.17) is 4.74 Å². The molecule has 0 bridgehead atoms. The van der Waals surface area contributed by atoms with Crippen molar-refractivity contribution in [1.82, 2.24) is 20.1 Å². The van der Waals surface area contributed by atoms with Gasteiger partial charge >= 0.3 is 6.03 Å². The fraction of sp³-hybridized carbons (Fsp3) is 0.500. The van der Waals surface area contributed by atoms with E-state index in [1.807, 2.05) is 25.1 Å². The van der Waals surface area contributed by atoms with Crippen LogP contribution in [0.25, 0.3) is 0 Å². The Morgan fingerprint density at radius 3 is 2.88 bits per heavy atom. The summed E-state index contributed by atoms with van der Waals surface area (Å²) in [6.07, 6.45) is 1.67. The molecular formula is C18H25N5O2. The Bertz CT molecular complexity index is 769. The van der Waals surface area contributed by atoms with Gasteiger partial charge in [-0.1, -0.05) is 19.9 Å². The van der Waals surface area contributed by atoms with Crippen molar-refractivity contribution in [3.8, 4) is 5.75 Å². The van der Waals surface area contributed by atoms with Crippen LogP contribution in [0.1, 0.15) is 43.4 Å². The lowest BCUT2D eigenvalue weighted by Gasteiger charge is -2.26. The Labute approximate surface area is 147 Å². The number of nitrogens with zero attached hydrogens (tertiary/aromatic N) is 3. The number of rotatable bonds is 4. The van der Waals surface area contributed by atoms with Gasteiger partial charge in [0, 0.05) is 24.9 Å². The standard InChI is InChI=1S/C18H25N5O2/c1-11(2)17-22-21-16-8-6-13(10-23(16)17)19-18(24)20-14-9-12(3)5-7-15(14)25-4/h5,7,9,11,13H,6,8,10H2,1-4H3,(H2,19,20,24). The molecule has 1 unspecified atom stereocenters. The molecule has 7 heteroatoms. The van der Waals surface area contributed by atoms with Crippen molar-refractivity contribution in [2.24, 2.45) is 0 Å². The zero-order valence-corrected chi connectivity index (χ0v) is 15.2. The highest BCUT2D eigenvalue weighted by Crippen LogP contribution is 2.25. The molecule has 1 aliphatic heterocycles. The average molecular weight is 343 g/mol. The molecule has 2 N–H and O–H groups in total. The SMILES string of the molecule is COc1ccc(C)cc1NC(=O)NC1CCc2nnc(C(C)C)n2C1. The van der Waals surface area contributed by atoms with Crippen LogP contribution in [0.3, 0.4) is 0 Å². The predicted molar refractivity (Wildman–Crippen MR) is 96.1 cm³/mol.